The molecule has 0 spiro atoms. The molecular formula is C23H28N4O. The zero-order valence-corrected chi connectivity index (χ0v) is 16.2. The van der Waals surface area contributed by atoms with E-state index >= 15 is 0 Å². The fourth-order valence-electron chi connectivity index (χ4n) is 4.04. The average molecular weight is 377 g/mol. The molecule has 1 aromatic heterocycles. The van der Waals surface area contributed by atoms with Gasteiger partial charge in [0.1, 0.15) is 0 Å². The number of hydrogen-bond acceptors (Lipinski definition) is 4. The fourth-order valence-corrected chi connectivity index (χ4v) is 4.04. The molecule has 1 atom stereocenters. The average Bonchev–Trinajstić information content (AvgIpc) is 2.74. The van der Waals surface area contributed by atoms with Crippen molar-refractivity contribution in [3.05, 3.63) is 76.9 Å². The van der Waals surface area contributed by atoms with E-state index in [4.69, 9.17) is 0 Å². The lowest BCUT2D eigenvalue weighted by Gasteiger charge is -2.32. The van der Waals surface area contributed by atoms with Crippen LogP contribution < -0.4 is 16.0 Å². The summed E-state index contributed by atoms with van der Waals surface area (Å²) in [5, 5.41) is 10.1. The standard InChI is InChI=1S/C23H28N4O/c28-22-12-11-19-4-3-6-21(23(19)27-22)26-15-18-9-7-17(8-10-18)14-24-16-20-5-1-2-13-25-20/h1-2,5,7-10,13,19,24,26H,3-4,6,11-12,14-16H2,(H,27,28). The van der Waals surface area contributed by atoms with Gasteiger partial charge in [-0.25, -0.2) is 0 Å². The molecule has 1 aromatic carbocycles. The second-order valence-electron chi connectivity index (χ2n) is 7.66. The maximum absolute atomic E-state index is 11.8. The Bertz CT molecular complexity index is 829. The summed E-state index contributed by atoms with van der Waals surface area (Å²) in [6.45, 7) is 2.39. The summed E-state index contributed by atoms with van der Waals surface area (Å²) in [5.74, 6) is 0.691. The molecule has 1 fully saturated rings. The van der Waals surface area contributed by atoms with Crippen LogP contribution >= 0.6 is 0 Å². The van der Waals surface area contributed by atoms with E-state index in [1.165, 1.54) is 29.7 Å². The Morgan fingerprint density at radius 3 is 2.57 bits per heavy atom. The minimum Gasteiger partial charge on any atom is -0.383 e. The summed E-state index contributed by atoms with van der Waals surface area (Å²) in [5.41, 5.74) is 5.95. The van der Waals surface area contributed by atoms with Crippen LogP contribution in [-0.2, 0) is 24.4 Å². The first-order valence-electron chi connectivity index (χ1n) is 10.2. The lowest BCUT2D eigenvalue weighted by molar-refractivity contribution is -0.121. The van der Waals surface area contributed by atoms with Gasteiger partial charge in [-0.15, -0.1) is 0 Å². The number of allylic oxidation sites excluding steroid dienone is 2. The Kier molecular flexibility index (Phi) is 6.02. The van der Waals surface area contributed by atoms with E-state index < -0.39 is 0 Å². The molecule has 146 valence electrons. The smallest absolute Gasteiger partial charge is 0.224 e. The van der Waals surface area contributed by atoms with E-state index in [1.54, 1.807) is 0 Å². The monoisotopic (exact) mass is 376 g/mol. The number of nitrogens with zero attached hydrogens (tertiary/aromatic N) is 1. The van der Waals surface area contributed by atoms with Crippen molar-refractivity contribution in [3.63, 3.8) is 0 Å². The molecule has 0 bridgehead atoms. The summed E-state index contributed by atoms with van der Waals surface area (Å²) >= 11 is 0. The zero-order valence-electron chi connectivity index (χ0n) is 16.2. The van der Waals surface area contributed by atoms with E-state index in [1.807, 2.05) is 24.4 Å². The van der Waals surface area contributed by atoms with Crippen LogP contribution in [0.2, 0.25) is 0 Å². The van der Waals surface area contributed by atoms with Gasteiger partial charge in [-0.05, 0) is 48.9 Å². The molecule has 1 saturated heterocycles. The van der Waals surface area contributed by atoms with Crippen molar-refractivity contribution < 1.29 is 4.79 Å². The number of nitrogens with one attached hydrogen (secondary N) is 3. The molecule has 1 unspecified atom stereocenters. The van der Waals surface area contributed by atoms with Gasteiger partial charge in [0, 0.05) is 49.6 Å². The van der Waals surface area contributed by atoms with Crippen LogP contribution in [0.3, 0.4) is 0 Å². The molecule has 3 N–H and O–H groups in total. The van der Waals surface area contributed by atoms with Crippen LogP contribution in [0.5, 0.6) is 0 Å². The van der Waals surface area contributed by atoms with Gasteiger partial charge in [0.15, 0.2) is 0 Å². The van der Waals surface area contributed by atoms with Crippen LogP contribution in [0, 0.1) is 5.92 Å². The van der Waals surface area contributed by atoms with Crippen molar-refractivity contribution in [2.45, 2.75) is 51.7 Å². The Morgan fingerprint density at radius 1 is 0.964 bits per heavy atom. The predicted molar refractivity (Wildman–Crippen MR) is 110 cm³/mol. The molecule has 0 radical (unpaired) electrons. The number of amides is 1. The lowest BCUT2D eigenvalue weighted by Crippen LogP contribution is -2.38. The summed E-state index contributed by atoms with van der Waals surface area (Å²) in [6, 6.07) is 14.7. The van der Waals surface area contributed by atoms with Crippen molar-refractivity contribution in [1.29, 1.82) is 0 Å². The second-order valence-corrected chi connectivity index (χ2v) is 7.66. The molecule has 2 aromatic rings. The molecular weight excluding hydrogens is 348 g/mol. The summed E-state index contributed by atoms with van der Waals surface area (Å²) in [4.78, 5) is 16.1. The predicted octanol–water partition coefficient (Wildman–Crippen LogP) is 3.38. The van der Waals surface area contributed by atoms with E-state index in [-0.39, 0.29) is 5.91 Å². The quantitative estimate of drug-likeness (QED) is 0.693. The topological polar surface area (TPSA) is 66.0 Å². The Hall–Kier alpha value is -2.66. The van der Waals surface area contributed by atoms with Gasteiger partial charge in [-0.3, -0.25) is 9.78 Å². The minimum absolute atomic E-state index is 0.162. The minimum atomic E-state index is 0.162. The fraction of sp³-hybridized carbons (Fsp3) is 0.391. The summed E-state index contributed by atoms with van der Waals surface area (Å²) in [7, 11) is 0. The van der Waals surface area contributed by atoms with Crippen molar-refractivity contribution in [3.8, 4) is 0 Å². The Morgan fingerprint density at radius 2 is 1.79 bits per heavy atom. The molecule has 1 amide bonds. The Labute approximate surface area is 166 Å². The van der Waals surface area contributed by atoms with Crippen LogP contribution in [0.25, 0.3) is 0 Å². The number of benzene rings is 1. The molecule has 0 saturated carbocycles. The number of piperidine rings is 1. The van der Waals surface area contributed by atoms with Gasteiger partial charge in [0.25, 0.3) is 0 Å². The van der Waals surface area contributed by atoms with Crippen LogP contribution in [0.1, 0.15) is 48.9 Å². The normalized spacial score (nSPS) is 19.1. The highest BCUT2D eigenvalue weighted by Crippen LogP contribution is 2.33. The van der Waals surface area contributed by atoms with Crippen molar-refractivity contribution in [2.75, 3.05) is 0 Å². The third-order valence-electron chi connectivity index (χ3n) is 5.60. The molecule has 1 aliphatic heterocycles. The molecule has 4 rings (SSSR count). The third-order valence-corrected chi connectivity index (χ3v) is 5.60. The second kappa shape index (κ2) is 9.02. The van der Waals surface area contributed by atoms with E-state index in [9.17, 15) is 4.79 Å². The molecule has 5 nitrogen and oxygen atoms in total. The van der Waals surface area contributed by atoms with Gasteiger partial charge in [0.05, 0.1) is 5.69 Å². The van der Waals surface area contributed by atoms with Gasteiger partial charge in [-0.2, -0.15) is 0 Å². The number of carbonyl (C=O) groups is 1. The highest BCUT2D eigenvalue weighted by atomic mass is 16.1. The van der Waals surface area contributed by atoms with Gasteiger partial charge in [-0.1, -0.05) is 30.3 Å². The van der Waals surface area contributed by atoms with Crippen LogP contribution in [0.4, 0.5) is 0 Å². The van der Waals surface area contributed by atoms with E-state index in [0.29, 0.717) is 12.3 Å². The van der Waals surface area contributed by atoms with Crippen LogP contribution in [0.15, 0.2) is 60.1 Å². The highest BCUT2D eigenvalue weighted by Gasteiger charge is 2.28. The van der Waals surface area contributed by atoms with Gasteiger partial charge in [0.2, 0.25) is 5.91 Å². The summed E-state index contributed by atoms with van der Waals surface area (Å²) in [6.07, 6.45) is 6.90. The molecule has 2 aliphatic rings. The third kappa shape index (κ3) is 4.78. The number of aromatic nitrogens is 1. The number of carbonyl (C=O) groups excluding carboxylic acids is 1. The van der Waals surface area contributed by atoms with E-state index in [0.717, 1.165) is 43.9 Å². The maximum Gasteiger partial charge on any atom is 0.224 e. The molecule has 1 aliphatic carbocycles. The number of fused-ring (bicyclic) bond motifs is 1. The number of hydrogen-bond donors (Lipinski definition) is 3. The van der Waals surface area contributed by atoms with Crippen molar-refractivity contribution in [1.82, 2.24) is 20.9 Å². The van der Waals surface area contributed by atoms with E-state index in [2.05, 4.69) is 45.2 Å². The first-order valence-corrected chi connectivity index (χ1v) is 10.2. The summed E-state index contributed by atoms with van der Waals surface area (Å²) < 4.78 is 0. The Balaban J connectivity index is 1.29. The maximum atomic E-state index is 11.8. The molecule has 5 heteroatoms. The van der Waals surface area contributed by atoms with Crippen molar-refractivity contribution >= 4 is 5.91 Å². The van der Waals surface area contributed by atoms with Crippen LogP contribution in [-0.4, -0.2) is 10.9 Å². The first-order chi connectivity index (χ1) is 13.8. The van der Waals surface area contributed by atoms with Gasteiger partial charge >= 0.3 is 0 Å². The molecule has 28 heavy (non-hydrogen) atoms. The SMILES string of the molecule is O=C1CCC2CCCC(NCc3ccc(CNCc4ccccn4)cc3)=C2N1. The number of pyridine rings is 1. The number of rotatable bonds is 7. The molecule has 2 heterocycles. The lowest BCUT2D eigenvalue weighted by atomic mass is 9.84. The largest absolute Gasteiger partial charge is 0.383 e. The first kappa shape index (κ1) is 18.7. The highest BCUT2D eigenvalue weighted by molar-refractivity contribution is 5.79. The van der Waals surface area contributed by atoms with Crippen molar-refractivity contribution in [2.24, 2.45) is 5.92 Å². The zero-order chi connectivity index (χ0) is 19.2. The van der Waals surface area contributed by atoms with Gasteiger partial charge < -0.3 is 16.0 Å².